The predicted octanol–water partition coefficient (Wildman–Crippen LogP) is 2.52. The van der Waals surface area contributed by atoms with Crippen molar-refractivity contribution in [2.45, 2.75) is 39.0 Å². The first-order chi connectivity index (χ1) is 12.1. The van der Waals surface area contributed by atoms with Gasteiger partial charge in [0.2, 0.25) is 11.8 Å². The predicted molar refractivity (Wildman–Crippen MR) is 99.4 cm³/mol. The molecule has 2 heterocycles. The van der Waals surface area contributed by atoms with Crippen LogP contribution in [0, 0.1) is 5.92 Å². The third-order valence-electron chi connectivity index (χ3n) is 5.23. The van der Waals surface area contributed by atoms with Gasteiger partial charge in [-0.1, -0.05) is 18.6 Å². The Morgan fingerprint density at radius 1 is 1.08 bits per heavy atom. The van der Waals surface area contributed by atoms with Gasteiger partial charge in [-0.15, -0.1) is 0 Å². The van der Waals surface area contributed by atoms with E-state index in [2.05, 4.69) is 10.2 Å². The summed E-state index contributed by atoms with van der Waals surface area (Å²) in [6.45, 7) is 6.89. The molecule has 5 nitrogen and oxygen atoms in total. The van der Waals surface area contributed by atoms with Crippen LogP contribution in [0.25, 0.3) is 0 Å². The van der Waals surface area contributed by atoms with E-state index < -0.39 is 0 Å². The standard InChI is InChI=1S/C20H29N3O2/c1-16(24)21-19-7-5-17(6-8-19)13-20(25)23-12-9-18(15-23)14-22-10-3-2-4-11-22/h5-8,18H,2-4,9-15H2,1H3,(H,21,24)/t18-/m0/s1. The fourth-order valence-electron chi connectivity index (χ4n) is 3.91. The molecule has 1 N–H and O–H groups in total. The highest BCUT2D eigenvalue weighted by atomic mass is 16.2. The molecular weight excluding hydrogens is 314 g/mol. The Morgan fingerprint density at radius 2 is 1.80 bits per heavy atom. The van der Waals surface area contributed by atoms with Gasteiger partial charge >= 0.3 is 0 Å². The number of nitrogens with zero attached hydrogens (tertiary/aromatic N) is 2. The summed E-state index contributed by atoms with van der Waals surface area (Å²) < 4.78 is 0. The average Bonchev–Trinajstić information content (AvgIpc) is 3.06. The molecule has 2 fully saturated rings. The minimum Gasteiger partial charge on any atom is -0.342 e. The summed E-state index contributed by atoms with van der Waals surface area (Å²) in [5.74, 6) is 0.762. The number of piperidine rings is 1. The van der Waals surface area contributed by atoms with E-state index in [0.29, 0.717) is 12.3 Å². The number of anilines is 1. The molecule has 2 saturated heterocycles. The smallest absolute Gasteiger partial charge is 0.226 e. The molecule has 0 aliphatic carbocycles. The first-order valence-electron chi connectivity index (χ1n) is 9.47. The van der Waals surface area contributed by atoms with Crippen LogP contribution < -0.4 is 5.32 Å². The zero-order valence-electron chi connectivity index (χ0n) is 15.2. The van der Waals surface area contributed by atoms with Crippen LogP contribution in [0.3, 0.4) is 0 Å². The normalized spacial score (nSPS) is 21.3. The summed E-state index contributed by atoms with van der Waals surface area (Å²) in [5.41, 5.74) is 1.77. The highest BCUT2D eigenvalue weighted by Gasteiger charge is 2.27. The average molecular weight is 343 g/mol. The van der Waals surface area contributed by atoms with E-state index in [1.807, 2.05) is 29.2 Å². The molecule has 3 rings (SSSR count). The third kappa shape index (κ3) is 5.30. The molecule has 1 aromatic carbocycles. The summed E-state index contributed by atoms with van der Waals surface area (Å²) in [6.07, 6.45) is 5.58. The van der Waals surface area contributed by atoms with Crippen molar-refractivity contribution in [2.24, 2.45) is 5.92 Å². The number of rotatable bonds is 5. The molecule has 136 valence electrons. The largest absolute Gasteiger partial charge is 0.342 e. The second-order valence-electron chi connectivity index (χ2n) is 7.41. The minimum atomic E-state index is -0.0827. The number of amides is 2. The number of hydrogen-bond acceptors (Lipinski definition) is 3. The Balaban J connectivity index is 1.46. The van der Waals surface area contributed by atoms with Gasteiger partial charge in [-0.25, -0.2) is 0 Å². The maximum atomic E-state index is 12.6. The molecule has 5 heteroatoms. The van der Waals surface area contributed by atoms with Gasteiger partial charge in [0.1, 0.15) is 0 Å². The molecule has 1 aromatic rings. The van der Waals surface area contributed by atoms with Crippen molar-refractivity contribution >= 4 is 17.5 Å². The van der Waals surface area contributed by atoms with Gasteiger partial charge < -0.3 is 15.1 Å². The maximum absolute atomic E-state index is 12.6. The van der Waals surface area contributed by atoms with Gasteiger partial charge in [0.15, 0.2) is 0 Å². The Labute approximate surface area is 150 Å². The first kappa shape index (κ1) is 17.9. The lowest BCUT2D eigenvalue weighted by Crippen LogP contribution is -2.36. The number of carbonyl (C=O) groups excluding carboxylic acids is 2. The van der Waals surface area contributed by atoms with Crippen LogP contribution in [0.1, 0.15) is 38.2 Å². The summed E-state index contributed by atoms with van der Waals surface area (Å²) in [5, 5.41) is 2.75. The molecule has 25 heavy (non-hydrogen) atoms. The van der Waals surface area contributed by atoms with Crippen molar-refractivity contribution in [3.05, 3.63) is 29.8 Å². The van der Waals surface area contributed by atoms with Crippen LogP contribution in [-0.4, -0.2) is 54.3 Å². The van der Waals surface area contributed by atoms with Crippen LogP contribution in [0.5, 0.6) is 0 Å². The maximum Gasteiger partial charge on any atom is 0.226 e. The van der Waals surface area contributed by atoms with E-state index >= 15 is 0 Å². The van der Waals surface area contributed by atoms with E-state index in [0.717, 1.165) is 37.3 Å². The molecule has 2 aliphatic heterocycles. The van der Waals surface area contributed by atoms with E-state index in [-0.39, 0.29) is 11.8 Å². The highest BCUT2D eigenvalue weighted by molar-refractivity contribution is 5.88. The zero-order chi connectivity index (χ0) is 17.6. The Hall–Kier alpha value is -1.88. The lowest BCUT2D eigenvalue weighted by molar-refractivity contribution is -0.129. The van der Waals surface area contributed by atoms with Crippen LogP contribution in [0.15, 0.2) is 24.3 Å². The van der Waals surface area contributed by atoms with Crippen LogP contribution >= 0.6 is 0 Å². The molecule has 0 radical (unpaired) electrons. The molecule has 1 atom stereocenters. The Bertz CT molecular complexity index is 593. The van der Waals surface area contributed by atoms with Crippen LogP contribution in [0.2, 0.25) is 0 Å². The van der Waals surface area contributed by atoms with Gasteiger partial charge in [0.05, 0.1) is 6.42 Å². The number of benzene rings is 1. The molecule has 2 amide bonds. The van der Waals surface area contributed by atoms with Crippen LogP contribution in [0.4, 0.5) is 5.69 Å². The lowest BCUT2D eigenvalue weighted by Gasteiger charge is -2.29. The SMILES string of the molecule is CC(=O)Nc1ccc(CC(=O)N2CC[C@@H](CN3CCCCC3)C2)cc1. The van der Waals surface area contributed by atoms with Crippen molar-refractivity contribution in [3.63, 3.8) is 0 Å². The summed E-state index contributed by atoms with van der Waals surface area (Å²) in [7, 11) is 0. The topological polar surface area (TPSA) is 52.7 Å². The number of hydrogen-bond donors (Lipinski definition) is 1. The van der Waals surface area contributed by atoms with Crippen molar-refractivity contribution in [1.82, 2.24) is 9.80 Å². The van der Waals surface area contributed by atoms with Crippen molar-refractivity contribution in [1.29, 1.82) is 0 Å². The molecule has 0 spiro atoms. The fraction of sp³-hybridized carbons (Fsp3) is 0.600. The van der Waals surface area contributed by atoms with Gasteiger partial charge in [-0.3, -0.25) is 9.59 Å². The third-order valence-corrected chi connectivity index (χ3v) is 5.23. The van der Waals surface area contributed by atoms with Crippen molar-refractivity contribution in [3.8, 4) is 0 Å². The second-order valence-corrected chi connectivity index (χ2v) is 7.41. The zero-order valence-corrected chi connectivity index (χ0v) is 15.2. The first-order valence-corrected chi connectivity index (χ1v) is 9.47. The van der Waals surface area contributed by atoms with Crippen LogP contribution in [-0.2, 0) is 16.0 Å². The second kappa shape index (κ2) is 8.48. The van der Waals surface area contributed by atoms with Crippen molar-refractivity contribution in [2.75, 3.05) is 38.0 Å². The molecular formula is C20H29N3O2. The molecule has 0 aromatic heterocycles. The Morgan fingerprint density at radius 3 is 2.48 bits per heavy atom. The van der Waals surface area contributed by atoms with Gasteiger partial charge in [0.25, 0.3) is 0 Å². The monoisotopic (exact) mass is 343 g/mol. The van der Waals surface area contributed by atoms with Gasteiger partial charge in [-0.2, -0.15) is 0 Å². The molecule has 0 unspecified atom stereocenters. The number of nitrogens with one attached hydrogen (secondary N) is 1. The quantitative estimate of drug-likeness (QED) is 0.894. The van der Waals surface area contributed by atoms with Gasteiger partial charge in [0, 0.05) is 32.2 Å². The number of likely N-dealkylation sites (tertiary alicyclic amines) is 2. The number of carbonyl (C=O) groups is 2. The molecule has 0 saturated carbocycles. The summed E-state index contributed by atoms with van der Waals surface area (Å²) in [4.78, 5) is 28.2. The summed E-state index contributed by atoms with van der Waals surface area (Å²) in [6, 6.07) is 7.55. The highest BCUT2D eigenvalue weighted by Crippen LogP contribution is 2.21. The molecule has 0 bridgehead atoms. The van der Waals surface area contributed by atoms with E-state index in [9.17, 15) is 9.59 Å². The minimum absolute atomic E-state index is 0.0827. The van der Waals surface area contributed by atoms with Crippen molar-refractivity contribution < 1.29 is 9.59 Å². The lowest BCUT2D eigenvalue weighted by atomic mass is 10.1. The Kier molecular flexibility index (Phi) is 6.08. The van der Waals surface area contributed by atoms with E-state index in [1.54, 1.807) is 0 Å². The van der Waals surface area contributed by atoms with Gasteiger partial charge in [-0.05, 0) is 56.0 Å². The fourth-order valence-corrected chi connectivity index (χ4v) is 3.91. The van der Waals surface area contributed by atoms with E-state index in [4.69, 9.17) is 0 Å². The molecule has 2 aliphatic rings. The summed E-state index contributed by atoms with van der Waals surface area (Å²) >= 11 is 0. The van der Waals surface area contributed by atoms with E-state index in [1.165, 1.54) is 39.3 Å².